The summed E-state index contributed by atoms with van der Waals surface area (Å²) < 4.78 is 0. The number of rotatable bonds is 3. The van der Waals surface area contributed by atoms with Crippen molar-refractivity contribution >= 4 is 35.7 Å². The lowest BCUT2D eigenvalue weighted by molar-refractivity contribution is 0.0989. The van der Waals surface area contributed by atoms with E-state index in [1.165, 1.54) is 0 Å². The molecule has 4 heteroatoms. The van der Waals surface area contributed by atoms with E-state index in [2.05, 4.69) is 12.6 Å². The van der Waals surface area contributed by atoms with Gasteiger partial charge in [0.15, 0.2) is 5.78 Å². The highest BCUT2D eigenvalue weighted by molar-refractivity contribution is 7.80. The van der Waals surface area contributed by atoms with E-state index in [1.54, 1.807) is 18.2 Å². The van der Waals surface area contributed by atoms with Crippen LogP contribution in [0.25, 0.3) is 0 Å². The topological polar surface area (TPSA) is 43.1 Å². The number of carbonyl (C=O) groups excluding carboxylic acids is 1. The molecule has 0 saturated heterocycles. The molecule has 0 bridgehead atoms. The molecule has 0 atom stereocenters. The van der Waals surface area contributed by atoms with E-state index in [4.69, 9.17) is 17.3 Å². The van der Waals surface area contributed by atoms with Crippen molar-refractivity contribution in [3.8, 4) is 0 Å². The number of halogens is 1. The molecule has 1 rings (SSSR count). The fourth-order valence-corrected chi connectivity index (χ4v) is 1.27. The van der Waals surface area contributed by atoms with Crippen LogP contribution in [0.2, 0.25) is 0 Å². The number of hydrogen-bond donors (Lipinski definition) is 2. The van der Waals surface area contributed by atoms with Gasteiger partial charge in [0.05, 0.1) is 0 Å². The number of alkyl halides is 1. The van der Waals surface area contributed by atoms with Crippen molar-refractivity contribution in [2.45, 2.75) is 11.3 Å². The van der Waals surface area contributed by atoms with Crippen LogP contribution in [0.3, 0.4) is 0 Å². The molecule has 70 valence electrons. The summed E-state index contributed by atoms with van der Waals surface area (Å²) in [5.74, 6) is 0.344. The minimum atomic E-state index is 0.00929. The van der Waals surface area contributed by atoms with Crippen LogP contribution in [0.1, 0.15) is 16.8 Å². The zero-order chi connectivity index (χ0) is 9.84. The Morgan fingerprint density at radius 1 is 1.54 bits per heavy atom. The second-order valence-electron chi connectivity index (χ2n) is 2.64. The van der Waals surface area contributed by atoms with Gasteiger partial charge in [-0.2, -0.15) is 0 Å². The van der Waals surface area contributed by atoms with E-state index in [0.29, 0.717) is 28.4 Å². The van der Waals surface area contributed by atoms with E-state index in [9.17, 15) is 4.79 Å². The molecule has 1 aromatic carbocycles. The largest absolute Gasteiger partial charge is 0.398 e. The zero-order valence-corrected chi connectivity index (χ0v) is 8.61. The van der Waals surface area contributed by atoms with Crippen molar-refractivity contribution in [2.24, 2.45) is 0 Å². The Bertz CT molecular complexity index is 327. The van der Waals surface area contributed by atoms with Gasteiger partial charge in [-0.15, -0.1) is 24.2 Å². The van der Waals surface area contributed by atoms with Gasteiger partial charge in [-0.3, -0.25) is 4.79 Å². The SMILES string of the molecule is Nc1cc(C(=O)CCCl)ccc1S. The maximum Gasteiger partial charge on any atom is 0.164 e. The van der Waals surface area contributed by atoms with Crippen LogP contribution in [-0.2, 0) is 0 Å². The number of nitrogen functional groups attached to an aromatic ring is 1. The highest BCUT2D eigenvalue weighted by Crippen LogP contribution is 2.18. The Balaban J connectivity index is 2.90. The van der Waals surface area contributed by atoms with Crippen molar-refractivity contribution in [1.29, 1.82) is 0 Å². The molecular formula is C9H10ClNOS. The first-order valence-corrected chi connectivity index (χ1v) is 4.81. The fraction of sp³-hybridized carbons (Fsp3) is 0.222. The minimum Gasteiger partial charge on any atom is -0.398 e. The summed E-state index contributed by atoms with van der Waals surface area (Å²) in [6.45, 7) is 0. The summed E-state index contributed by atoms with van der Waals surface area (Å²) in [5.41, 5.74) is 6.70. The first-order valence-electron chi connectivity index (χ1n) is 3.83. The van der Waals surface area contributed by atoms with Crippen LogP contribution >= 0.6 is 24.2 Å². The molecule has 0 aromatic heterocycles. The van der Waals surface area contributed by atoms with E-state index >= 15 is 0 Å². The van der Waals surface area contributed by atoms with Gasteiger partial charge in [0.2, 0.25) is 0 Å². The van der Waals surface area contributed by atoms with Gasteiger partial charge >= 0.3 is 0 Å². The van der Waals surface area contributed by atoms with Gasteiger partial charge in [0, 0.05) is 28.4 Å². The van der Waals surface area contributed by atoms with Gasteiger partial charge in [0.1, 0.15) is 0 Å². The molecule has 0 radical (unpaired) electrons. The van der Waals surface area contributed by atoms with Gasteiger partial charge in [0.25, 0.3) is 0 Å². The maximum atomic E-state index is 11.3. The molecule has 0 heterocycles. The average molecular weight is 216 g/mol. The maximum absolute atomic E-state index is 11.3. The molecule has 13 heavy (non-hydrogen) atoms. The van der Waals surface area contributed by atoms with Gasteiger partial charge < -0.3 is 5.73 Å². The predicted molar refractivity (Wildman–Crippen MR) is 57.8 cm³/mol. The number of benzene rings is 1. The Hall–Kier alpha value is -0.670. The Labute approximate surface area is 87.5 Å². The number of nitrogens with two attached hydrogens (primary N) is 1. The van der Waals surface area contributed by atoms with E-state index in [0.717, 1.165) is 0 Å². The number of hydrogen-bond acceptors (Lipinski definition) is 3. The monoisotopic (exact) mass is 215 g/mol. The van der Waals surface area contributed by atoms with Crippen LogP contribution in [0.15, 0.2) is 23.1 Å². The molecule has 0 amide bonds. The Morgan fingerprint density at radius 2 is 2.23 bits per heavy atom. The molecule has 0 fully saturated rings. The summed E-state index contributed by atoms with van der Waals surface area (Å²) in [6.07, 6.45) is 0.340. The summed E-state index contributed by atoms with van der Waals surface area (Å²) >= 11 is 9.55. The predicted octanol–water partition coefficient (Wildman–Crippen LogP) is 2.37. The Morgan fingerprint density at radius 3 is 2.77 bits per heavy atom. The van der Waals surface area contributed by atoms with Crippen molar-refractivity contribution in [2.75, 3.05) is 11.6 Å². The van der Waals surface area contributed by atoms with Crippen LogP contribution in [-0.4, -0.2) is 11.7 Å². The smallest absolute Gasteiger partial charge is 0.164 e. The molecule has 2 N–H and O–H groups in total. The van der Waals surface area contributed by atoms with Crippen molar-refractivity contribution in [1.82, 2.24) is 0 Å². The van der Waals surface area contributed by atoms with Gasteiger partial charge in [-0.25, -0.2) is 0 Å². The Kier molecular flexibility index (Phi) is 3.63. The van der Waals surface area contributed by atoms with Crippen molar-refractivity contribution in [3.63, 3.8) is 0 Å². The molecule has 2 nitrogen and oxygen atoms in total. The van der Waals surface area contributed by atoms with E-state index < -0.39 is 0 Å². The first-order chi connectivity index (χ1) is 6.15. The number of Topliss-reactive ketones (excluding diaryl/α,β-unsaturated/α-hetero) is 1. The lowest BCUT2D eigenvalue weighted by atomic mass is 10.1. The van der Waals surface area contributed by atoms with E-state index in [-0.39, 0.29) is 5.78 Å². The molecule has 0 aliphatic carbocycles. The fourth-order valence-electron chi connectivity index (χ4n) is 0.958. The highest BCUT2D eigenvalue weighted by atomic mass is 35.5. The number of ketones is 1. The van der Waals surface area contributed by atoms with Crippen molar-refractivity contribution < 1.29 is 4.79 Å². The van der Waals surface area contributed by atoms with Crippen LogP contribution in [0.4, 0.5) is 5.69 Å². The van der Waals surface area contributed by atoms with E-state index in [1.807, 2.05) is 0 Å². The van der Waals surface area contributed by atoms with Crippen molar-refractivity contribution in [3.05, 3.63) is 23.8 Å². The molecule has 0 spiro atoms. The van der Waals surface area contributed by atoms with Gasteiger partial charge in [-0.1, -0.05) is 6.07 Å². The first kappa shape index (κ1) is 10.4. The second kappa shape index (κ2) is 4.53. The minimum absolute atomic E-state index is 0.00929. The molecule has 0 unspecified atom stereocenters. The molecule has 0 saturated carbocycles. The summed E-state index contributed by atoms with van der Waals surface area (Å²) in [6, 6.07) is 5.03. The molecule has 0 aliphatic heterocycles. The normalized spacial score (nSPS) is 10.0. The lowest BCUT2D eigenvalue weighted by Gasteiger charge is -2.02. The molecule has 0 aliphatic rings. The average Bonchev–Trinajstić information content (AvgIpc) is 2.10. The second-order valence-corrected chi connectivity index (χ2v) is 3.50. The van der Waals surface area contributed by atoms with Crippen LogP contribution < -0.4 is 5.73 Å². The molecular weight excluding hydrogens is 206 g/mol. The van der Waals surface area contributed by atoms with Crippen LogP contribution in [0.5, 0.6) is 0 Å². The van der Waals surface area contributed by atoms with Crippen LogP contribution in [0, 0.1) is 0 Å². The highest BCUT2D eigenvalue weighted by Gasteiger charge is 2.05. The summed E-state index contributed by atoms with van der Waals surface area (Å²) in [5, 5.41) is 0. The standard InChI is InChI=1S/C9H10ClNOS/c10-4-3-8(12)6-1-2-9(13)7(11)5-6/h1-2,5,13H,3-4,11H2. The zero-order valence-electron chi connectivity index (χ0n) is 6.96. The summed E-state index contributed by atoms with van der Waals surface area (Å²) in [4.78, 5) is 12.0. The van der Waals surface area contributed by atoms with Gasteiger partial charge in [-0.05, 0) is 12.1 Å². The third-order valence-corrected chi connectivity index (χ3v) is 2.27. The third kappa shape index (κ3) is 2.64. The molecule has 1 aromatic rings. The quantitative estimate of drug-likeness (QED) is 0.352. The number of carbonyl (C=O) groups is 1. The number of anilines is 1. The summed E-state index contributed by atoms with van der Waals surface area (Å²) in [7, 11) is 0. The third-order valence-electron chi connectivity index (χ3n) is 1.67. The lowest BCUT2D eigenvalue weighted by Crippen LogP contribution is -2.00. The number of thiol groups is 1.